The van der Waals surface area contributed by atoms with Crippen molar-refractivity contribution in [3.05, 3.63) is 60.6 Å². The SMILES string of the molecule is Cn1ccnc1-c1cncc(C[C@@H]2CCN(C(=O)c3ccc4nc[nH]c4c3)C2)n1. The molecule has 0 aliphatic carbocycles. The van der Waals surface area contributed by atoms with E-state index in [2.05, 4.69) is 19.9 Å². The molecule has 146 valence electrons. The van der Waals surface area contributed by atoms with E-state index in [9.17, 15) is 4.79 Å². The summed E-state index contributed by atoms with van der Waals surface area (Å²) in [6.07, 6.45) is 10.6. The lowest BCUT2D eigenvalue weighted by molar-refractivity contribution is 0.0787. The third kappa shape index (κ3) is 3.37. The number of rotatable bonds is 4. The predicted octanol–water partition coefficient (Wildman–Crippen LogP) is 2.46. The fourth-order valence-corrected chi connectivity index (χ4v) is 3.96. The lowest BCUT2D eigenvalue weighted by Gasteiger charge is -2.16. The summed E-state index contributed by atoms with van der Waals surface area (Å²) in [4.78, 5) is 35.5. The minimum Gasteiger partial charge on any atom is -0.345 e. The largest absolute Gasteiger partial charge is 0.345 e. The number of hydrogen-bond donors (Lipinski definition) is 1. The Hall–Kier alpha value is -3.55. The number of H-pyrrole nitrogens is 1. The van der Waals surface area contributed by atoms with Crippen LogP contribution >= 0.6 is 0 Å². The average molecular weight is 387 g/mol. The van der Waals surface area contributed by atoms with Crippen LogP contribution < -0.4 is 0 Å². The Morgan fingerprint density at radius 3 is 3.07 bits per heavy atom. The van der Waals surface area contributed by atoms with Crippen LogP contribution in [0.1, 0.15) is 22.5 Å². The Balaban J connectivity index is 1.27. The van der Waals surface area contributed by atoms with Gasteiger partial charge in [-0.25, -0.2) is 15.0 Å². The number of aryl methyl sites for hydroxylation is 1. The van der Waals surface area contributed by atoms with Crippen LogP contribution in [0.15, 0.2) is 49.3 Å². The summed E-state index contributed by atoms with van der Waals surface area (Å²) in [6, 6.07) is 5.60. The van der Waals surface area contributed by atoms with E-state index in [4.69, 9.17) is 4.98 Å². The molecule has 1 fully saturated rings. The molecule has 1 aliphatic rings. The van der Waals surface area contributed by atoms with Crippen molar-refractivity contribution >= 4 is 16.9 Å². The van der Waals surface area contributed by atoms with Crippen molar-refractivity contribution in [3.63, 3.8) is 0 Å². The molecule has 1 amide bonds. The van der Waals surface area contributed by atoms with Crippen LogP contribution in [0.3, 0.4) is 0 Å². The number of carbonyl (C=O) groups is 1. The van der Waals surface area contributed by atoms with Gasteiger partial charge in [0.05, 0.1) is 29.3 Å². The molecule has 8 nitrogen and oxygen atoms in total. The Bertz CT molecular complexity index is 1180. The van der Waals surface area contributed by atoms with Gasteiger partial charge in [0.1, 0.15) is 5.69 Å². The molecule has 4 aromatic rings. The summed E-state index contributed by atoms with van der Waals surface area (Å²) in [6.45, 7) is 1.49. The molecule has 1 N–H and O–H groups in total. The Kier molecular flexibility index (Phi) is 4.31. The molecule has 29 heavy (non-hydrogen) atoms. The Morgan fingerprint density at radius 2 is 2.21 bits per heavy atom. The standard InChI is InChI=1S/C21H21N7O/c1-27-7-5-23-20(27)19-11-22-10-16(26-19)8-14-4-6-28(12-14)21(29)15-2-3-17-18(9-15)25-13-24-17/h2-3,5,7,9-11,13-14H,4,6,8,12H2,1H3,(H,24,25)/t14-/m0/s1. The van der Waals surface area contributed by atoms with Gasteiger partial charge in [-0.05, 0) is 37.0 Å². The summed E-state index contributed by atoms with van der Waals surface area (Å²) in [5.41, 5.74) is 4.15. The molecule has 1 aliphatic heterocycles. The summed E-state index contributed by atoms with van der Waals surface area (Å²) in [7, 11) is 1.94. The third-order valence-electron chi connectivity index (χ3n) is 5.47. The normalized spacial score (nSPS) is 16.6. The lowest BCUT2D eigenvalue weighted by atomic mass is 10.0. The summed E-state index contributed by atoms with van der Waals surface area (Å²) < 4.78 is 1.93. The van der Waals surface area contributed by atoms with E-state index in [1.807, 2.05) is 47.1 Å². The molecule has 1 saturated heterocycles. The second-order valence-corrected chi connectivity index (χ2v) is 7.50. The molecule has 1 aromatic carbocycles. The second kappa shape index (κ2) is 7.12. The molecule has 0 saturated carbocycles. The van der Waals surface area contributed by atoms with Crippen molar-refractivity contribution in [2.75, 3.05) is 13.1 Å². The zero-order chi connectivity index (χ0) is 19.8. The van der Waals surface area contributed by atoms with Crippen LogP contribution in [0.2, 0.25) is 0 Å². The number of aromatic amines is 1. The van der Waals surface area contributed by atoms with E-state index in [1.54, 1.807) is 18.7 Å². The molecular weight excluding hydrogens is 366 g/mol. The minimum absolute atomic E-state index is 0.0665. The number of nitrogens with one attached hydrogen (secondary N) is 1. The minimum atomic E-state index is 0.0665. The van der Waals surface area contributed by atoms with Crippen LogP contribution in [0.25, 0.3) is 22.6 Å². The second-order valence-electron chi connectivity index (χ2n) is 7.50. The van der Waals surface area contributed by atoms with Crippen LogP contribution in [-0.2, 0) is 13.5 Å². The van der Waals surface area contributed by atoms with E-state index in [0.717, 1.165) is 54.2 Å². The molecule has 0 bridgehead atoms. The highest BCUT2D eigenvalue weighted by Gasteiger charge is 2.27. The van der Waals surface area contributed by atoms with Crippen molar-refractivity contribution in [1.82, 2.24) is 34.4 Å². The Morgan fingerprint density at radius 1 is 1.28 bits per heavy atom. The first-order valence-corrected chi connectivity index (χ1v) is 9.68. The van der Waals surface area contributed by atoms with Gasteiger partial charge in [-0.2, -0.15) is 0 Å². The molecule has 0 radical (unpaired) electrons. The molecule has 3 aromatic heterocycles. The number of hydrogen-bond acceptors (Lipinski definition) is 5. The molecule has 1 atom stereocenters. The van der Waals surface area contributed by atoms with E-state index in [0.29, 0.717) is 11.5 Å². The van der Waals surface area contributed by atoms with E-state index >= 15 is 0 Å². The third-order valence-corrected chi connectivity index (χ3v) is 5.47. The van der Waals surface area contributed by atoms with Gasteiger partial charge < -0.3 is 14.5 Å². The molecule has 5 rings (SSSR count). The Labute approximate surface area is 167 Å². The van der Waals surface area contributed by atoms with Gasteiger partial charge in [0, 0.05) is 44.3 Å². The first-order chi connectivity index (χ1) is 14.2. The number of likely N-dealkylation sites (tertiary alicyclic amines) is 1. The maximum Gasteiger partial charge on any atom is 0.253 e. The van der Waals surface area contributed by atoms with E-state index in [-0.39, 0.29) is 5.91 Å². The van der Waals surface area contributed by atoms with Crippen LogP contribution in [0, 0.1) is 5.92 Å². The zero-order valence-electron chi connectivity index (χ0n) is 16.1. The quantitative estimate of drug-likeness (QED) is 0.581. The lowest BCUT2D eigenvalue weighted by Crippen LogP contribution is -2.29. The summed E-state index contributed by atoms with van der Waals surface area (Å²) in [5.74, 6) is 1.24. The zero-order valence-corrected chi connectivity index (χ0v) is 16.1. The molecular formula is C21H21N7O. The van der Waals surface area contributed by atoms with Crippen LogP contribution in [-0.4, -0.2) is 53.4 Å². The molecule has 0 unspecified atom stereocenters. The highest BCUT2D eigenvalue weighted by atomic mass is 16.2. The number of imidazole rings is 2. The van der Waals surface area contributed by atoms with Crippen molar-refractivity contribution < 1.29 is 4.79 Å². The maximum atomic E-state index is 12.9. The number of carbonyl (C=O) groups excluding carboxylic acids is 1. The van der Waals surface area contributed by atoms with Crippen LogP contribution in [0.4, 0.5) is 0 Å². The van der Waals surface area contributed by atoms with E-state index < -0.39 is 0 Å². The van der Waals surface area contributed by atoms with Crippen molar-refractivity contribution in [3.8, 4) is 11.5 Å². The van der Waals surface area contributed by atoms with Gasteiger partial charge in [0.25, 0.3) is 5.91 Å². The highest BCUT2D eigenvalue weighted by molar-refractivity contribution is 5.97. The van der Waals surface area contributed by atoms with Gasteiger partial charge >= 0.3 is 0 Å². The molecule has 4 heterocycles. The summed E-state index contributed by atoms with van der Waals surface area (Å²) >= 11 is 0. The maximum absolute atomic E-state index is 12.9. The van der Waals surface area contributed by atoms with Gasteiger partial charge in [-0.1, -0.05) is 0 Å². The monoisotopic (exact) mass is 387 g/mol. The van der Waals surface area contributed by atoms with Gasteiger partial charge in [-0.15, -0.1) is 0 Å². The van der Waals surface area contributed by atoms with Gasteiger partial charge in [0.2, 0.25) is 0 Å². The number of fused-ring (bicyclic) bond motifs is 1. The number of aromatic nitrogens is 6. The van der Waals surface area contributed by atoms with Crippen molar-refractivity contribution in [1.29, 1.82) is 0 Å². The fraction of sp³-hybridized carbons (Fsp3) is 0.286. The number of amides is 1. The number of benzene rings is 1. The summed E-state index contributed by atoms with van der Waals surface area (Å²) in [5, 5.41) is 0. The fourth-order valence-electron chi connectivity index (χ4n) is 3.96. The molecule has 8 heteroatoms. The van der Waals surface area contributed by atoms with Crippen LogP contribution in [0.5, 0.6) is 0 Å². The molecule has 0 spiro atoms. The first kappa shape index (κ1) is 17.5. The topological polar surface area (TPSA) is 92.6 Å². The number of nitrogens with zero attached hydrogens (tertiary/aromatic N) is 6. The highest BCUT2D eigenvalue weighted by Crippen LogP contribution is 2.23. The van der Waals surface area contributed by atoms with E-state index in [1.165, 1.54) is 0 Å². The van der Waals surface area contributed by atoms with Crippen molar-refractivity contribution in [2.24, 2.45) is 13.0 Å². The predicted molar refractivity (Wildman–Crippen MR) is 108 cm³/mol. The van der Waals surface area contributed by atoms with Gasteiger partial charge in [-0.3, -0.25) is 9.78 Å². The smallest absolute Gasteiger partial charge is 0.253 e. The average Bonchev–Trinajstić information content (AvgIpc) is 3.47. The van der Waals surface area contributed by atoms with Crippen molar-refractivity contribution in [2.45, 2.75) is 12.8 Å². The first-order valence-electron chi connectivity index (χ1n) is 9.68. The van der Waals surface area contributed by atoms with Gasteiger partial charge in [0.15, 0.2) is 5.82 Å².